The van der Waals surface area contributed by atoms with Gasteiger partial charge in [-0.2, -0.15) is 0 Å². The highest BCUT2D eigenvalue weighted by Gasteiger charge is 2.81. The number of nitrogens with one attached hydrogen (secondary N) is 1. The second kappa shape index (κ2) is 8.04. The van der Waals surface area contributed by atoms with E-state index in [1.807, 2.05) is 27.7 Å². The van der Waals surface area contributed by atoms with E-state index in [0.717, 1.165) is 0 Å². The molecular weight excluding hydrogens is 426 g/mol. The maximum absolute atomic E-state index is 13.8. The molecule has 4 N–H and O–H groups in total. The average molecular weight is 468 g/mol. The molecule has 0 unspecified atom stereocenters. The number of aliphatic hydroxyl groups excluding tert-OH is 2. The zero-order valence-electron chi connectivity index (χ0n) is 21.0. The SMILES string of the molecule is C=C[C@@]1(C)CC(=O)[C@]2(O)[C@@]3(C)[C@@H](O)CCC(C)(C)[C@@H]3[C@H](O)[C@H](OC(=O)NCC(C)C)[C@@]2(C)O1. The lowest BCUT2D eigenvalue weighted by Crippen LogP contribution is -2.86. The van der Waals surface area contributed by atoms with Gasteiger partial charge in [-0.25, -0.2) is 4.79 Å². The van der Waals surface area contributed by atoms with E-state index >= 15 is 0 Å². The number of rotatable bonds is 4. The molecule has 8 nitrogen and oxygen atoms in total. The summed E-state index contributed by atoms with van der Waals surface area (Å²) >= 11 is 0. The Labute approximate surface area is 196 Å². The molecule has 8 heteroatoms. The molecule has 0 aromatic carbocycles. The van der Waals surface area contributed by atoms with Crippen molar-refractivity contribution in [1.82, 2.24) is 5.32 Å². The predicted octanol–water partition coefficient (Wildman–Crippen LogP) is 2.34. The first-order chi connectivity index (χ1) is 15.0. The van der Waals surface area contributed by atoms with Crippen LogP contribution in [0.2, 0.25) is 0 Å². The van der Waals surface area contributed by atoms with Crippen LogP contribution in [-0.4, -0.2) is 68.9 Å². The van der Waals surface area contributed by atoms with Crippen LogP contribution in [0.15, 0.2) is 12.7 Å². The Morgan fingerprint density at radius 3 is 2.42 bits per heavy atom. The maximum Gasteiger partial charge on any atom is 0.407 e. The summed E-state index contributed by atoms with van der Waals surface area (Å²) in [7, 11) is 0. The highest BCUT2D eigenvalue weighted by atomic mass is 16.6. The number of aliphatic hydroxyl groups is 3. The summed E-state index contributed by atoms with van der Waals surface area (Å²) in [6.45, 7) is 16.7. The van der Waals surface area contributed by atoms with Crippen LogP contribution in [-0.2, 0) is 14.3 Å². The Morgan fingerprint density at radius 2 is 1.88 bits per heavy atom. The summed E-state index contributed by atoms with van der Waals surface area (Å²) < 4.78 is 12.1. The van der Waals surface area contributed by atoms with Crippen LogP contribution >= 0.6 is 0 Å². The van der Waals surface area contributed by atoms with Crippen LogP contribution in [0, 0.1) is 22.7 Å². The number of ether oxygens (including phenoxy) is 2. The predicted molar refractivity (Wildman–Crippen MR) is 122 cm³/mol. The van der Waals surface area contributed by atoms with E-state index in [1.165, 1.54) is 13.0 Å². The topological polar surface area (TPSA) is 125 Å². The molecule has 0 spiro atoms. The molecule has 3 aliphatic rings. The molecule has 0 aromatic rings. The first-order valence-electron chi connectivity index (χ1n) is 11.9. The van der Waals surface area contributed by atoms with Crippen molar-refractivity contribution in [2.45, 2.75) is 103 Å². The number of carbonyl (C=O) groups is 2. The van der Waals surface area contributed by atoms with Gasteiger partial charge in [-0.15, -0.1) is 6.58 Å². The highest BCUT2D eigenvalue weighted by molar-refractivity contribution is 5.92. The van der Waals surface area contributed by atoms with Crippen molar-refractivity contribution in [3.63, 3.8) is 0 Å². The second-order valence-electron chi connectivity index (χ2n) is 11.9. The van der Waals surface area contributed by atoms with Crippen LogP contribution in [0.5, 0.6) is 0 Å². The molecule has 0 bridgehead atoms. The third-order valence-corrected chi connectivity index (χ3v) is 8.62. The number of fused-ring (bicyclic) bond motifs is 3. The fraction of sp³-hybridized carbons (Fsp3) is 0.840. The molecular formula is C25H41NO7. The fourth-order valence-corrected chi connectivity index (χ4v) is 6.92. The Balaban J connectivity index is 2.20. The van der Waals surface area contributed by atoms with Crippen LogP contribution in [0.1, 0.15) is 67.7 Å². The van der Waals surface area contributed by atoms with Gasteiger partial charge in [-0.1, -0.05) is 40.7 Å². The van der Waals surface area contributed by atoms with Gasteiger partial charge >= 0.3 is 6.09 Å². The molecule has 3 fully saturated rings. The summed E-state index contributed by atoms with van der Waals surface area (Å²) in [5, 5.41) is 37.9. The number of Topliss-reactive ketones (excluding diaryl/α,β-unsaturated/α-hetero) is 1. The Kier molecular flexibility index (Phi) is 6.37. The van der Waals surface area contributed by atoms with E-state index in [1.54, 1.807) is 13.8 Å². The van der Waals surface area contributed by atoms with Gasteiger partial charge in [0.1, 0.15) is 5.60 Å². The zero-order valence-corrected chi connectivity index (χ0v) is 21.0. The summed E-state index contributed by atoms with van der Waals surface area (Å²) in [6, 6.07) is 0. The Bertz CT molecular complexity index is 828. The van der Waals surface area contributed by atoms with Crippen molar-refractivity contribution in [3.05, 3.63) is 12.7 Å². The minimum Gasteiger partial charge on any atom is -0.440 e. The molecule has 1 heterocycles. The molecule has 0 radical (unpaired) electrons. The van der Waals surface area contributed by atoms with E-state index in [4.69, 9.17) is 9.47 Å². The molecule has 3 rings (SSSR count). The number of alkyl carbamates (subject to hydrolysis) is 1. The third-order valence-electron chi connectivity index (χ3n) is 8.62. The first kappa shape index (κ1) is 26.1. The standard InChI is InChI=1S/C25H41NO7/c1-9-22(6)12-16(28)25(31)23(7)15(27)10-11-21(4,5)18(23)17(29)19(24(25,8)33-22)32-20(30)26-13-14(2)3/h9,14-15,17-19,27,29,31H,1,10-13H2,2-8H3,(H,26,30)/t15-,17-,18-,19-,22-,23-,24+,25-/m0/s1. The van der Waals surface area contributed by atoms with Crippen molar-refractivity contribution < 1.29 is 34.4 Å². The van der Waals surface area contributed by atoms with E-state index < -0.39 is 63.7 Å². The summed E-state index contributed by atoms with van der Waals surface area (Å²) in [4.78, 5) is 26.5. The fourth-order valence-electron chi connectivity index (χ4n) is 6.92. The quantitative estimate of drug-likeness (QED) is 0.468. The van der Waals surface area contributed by atoms with Gasteiger partial charge in [0, 0.05) is 24.3 Å². The van der Waals surface area contributed by atoms with Gasteiger partial charge in [0.2, 0.25) is 0 Å². The maximum atomic E-state index is 13.8. The number of amides is 1. The summed E-state index contributed by atoms with van der Waals surface area (Å²) in [6.07, 6.45) is -2.23. The van der Waals surface area contributed by atoms with Crippen molar-refractivity contribution in [2.24, 2.45) is 22.7 Å². The monoisotopic (exact) mass is 467 g/mol. The van der Waals surface area contributed by atoms with Crippen LogP contribution in [0.3, 0.4) is 0 Å². The van der Waals surface area contributed by atoms with Gasteiger partial charge in [0.15, 0.2) is 17.5 Å². The van der Waals surface area contributed by atoms with Gasteiger partial charge in [-0.05, 0) is 38.0 Å². The second-order valence-corrected chi connectivity index (χ2v) is 11.9. The molecule has 1 aliphatic heterocycles. The third kappa shape index (κ3) is 3.56. The van der Waals surface area contributed by atoms with Gasteiger partial charge in [0.05, 0.1) is 17.8 Å². The highest BCUT2D eigenvalue weighted by Crippen LogP contribution is 2.67. The molecule has 33 heavy (non-hydrogen) atoms. The van der Waals surface area contributed by atoms with E-state index in [0.29, 0.717) is 19.4 Å². The van der Waals surface area contributed by atoms with Crippen LogP contribution < -0.4 is 5.32 Å². The van der Waals surface area contributed by atoms with E-state index in [2.05, 4.69) is 11.9 Å². The van der Waals surface area contributed by atoms with E-state index in [-0.39, 0.29) is 12.3 Å². The number of hydrogen-bond donors (Lipinski definition) is 4. The molecule has 8 atom stereocenters. The van der Waals surface area contributed by atoms with Crippen LogP contribution in [0.25, 0.3) is 0 Å². The Morgan fingerprint density at radius 1 is 1.27 bits per heavy atom. The minimum atomic E-state index is -2.22. The summed E-state index contributed by atoms with van der Waals surface area (Å²) in [5.74, 6) is -1.09. The number of hydrogen-bond acceptors (Lipinski definition) is 7. The van der Waals surface area contributed by atoms with Gasteiger partial charge < -0.3 is 30.1 Å². The van der Waals surface area contributed by atoms with Crippen molar-refractivity contribution in [3.8, 4) is 0 Å². The average Bonchev–Trinajstić information content (AvgIpc) is 2.70. The van der Waals surface area contributed by atoms with E-state index in [9.17, 15) is 24.9 Å². The molecule has 1 saturated heterocycles. The summed E-state index contributed by atoms with van der Waals surface area (Å²) in [5.41, 5.74) is -7.19. The molecule has 0 aromatic heterocycles. The molecule has 2 aliphatic carbocycles. The number of ketones is 1. The lowest BCUT2D eigenvalue weighted by atomic mass is 9.40. The Hall–Kier alpha value is -1.48. The van der Waals surface area contributed by atoms with Gasteiger partial charge in [-0.3, -0.25) is 4.79 Å². The number of carbonyl (C=O) groups excluding carboxylic acids is 2. The van der Waals surface area contributed by atoms with Crippen molar-refractivity contribution in [1.29, 1.82) is 0 Å². The minimum absolute atomic E-state index is 0.152. The normalized spacial score (nSPS) is 46.8. The lowest BCUT2D eigenvalue weighted by Gasteiger charge is -2.71. The van der Waals surface area contributed by atoms with Crippen molar-refractivity contribution >= 4 is 11.9 Å². The van der Waals surface area contributed by atoms with Crippen molar-refractivity contribution in [2.75, 3.05) is 6.54 Å². The zero-order chi connectivity index (χ0) is 25.2. The molecule has 188 valence electrons. The lowest BCUT2D eigenvalue weighted by molar-refractivity contribution is -0.369. The van der Waals surface area contributed by atoms with Gasteiger partial charge in [0.25, 0.3) is 0 Å². The molecule has 2 saturated carbocycles. The largest absolute Gasteiger partial charge is 0.440 e. The van der Waals surface area contributed by atoms with Crippen LogP contribution in [0.4, 0.5) is 4.79 Å². The first-order valence-corrected chi connectivity index (χ1v) is 11.9. The smallest absolute Gasteiger partial charge is 0.407 e. The molecule has 1 amide bonds.